The zero-order chi connectivity index (χ0) is 19.3. The van der Waals surface area contributed by atoms with Crippen LogP contribution in [-0.4, -0.2) is 48.2 Å². The number of ether oxygens (including phenoxy) is 1. The van der Waals surface area contributed by atoms with Gasteiger partial charge in [0, 0.05) is 6.42 Å². The van der Waals surface area contributed by atoms with Crippen LogP contribution in [-0.2, 0) is 13.8 Å². The lowest BCUT2D eigenvalue weighted by Crippen LogP contribution is -2.33. The summed E-state index contributed by atoms with van der Waals surface area (Å²) < 4.78 is 61.0. The minimum absolute atomic E-state index is 0.0752. The average Bonchev–Trinajstić information content (AvgIpc) is 3.07. The number of aromatic nitrogens is 4. The van der Waals surface area contributed by atoms with E-state index in [1.807, 2.05) is 0 Å². The molecule has 0 spiro atoms. The van der Waals surface area contributed by atoms with Crippen molar-refractivity contribution in [1.82, 2.24) is 19.5 Å². The molecule has 11 nitrogen and oxygen atoms in total. The van der Waals surface area contributed by atoms with Crippen LogP contribution < -0.4 is 11.3 Å². The highest BCUT2D eigenvalue weighted by molar-refractivity contribution is 7.46. The Kier molecular flexibility index (Phi) is 4.56. The smallest absolute Gasteiger partial charge is 0.369 e. The zero-order valence-corrected chi connectivity index (χ0v) is 13.6. The van der Waals surface area contributed by atoms with Gasteiger partial charge in [0.05, 0.1) is 25.0 Å². The summed E-state index contributed by atoms with van der Waals surface area (Å²) in [7, 11) is -4.97. The van der Waals surface area contributed by atoms with Gasteiger partial charge in [0.15, 0.2) is 11.2 Å². The van der Waals surface area contributed by atoms with Crippen molar-refractivity contribution in [1.29, 1.82) is 0 Å². The van der Waals surface area contributed by atoms with Gasteiger partial charge in [0.25, 0.3) is 5.56 Å². The summed E-state index contributed by atoms with van der Waals surface area (Å²) >= 11 is 0. The molecule has 1 saturated heterocycles. The highest BCUT2D eigenvalue weighted by Crippen LogP contribution is 2.45. The number of phosphoric acid groups is 1. The summed E-state index contributed by atoms with van der Waals surface area (Å²) in [6.07, 6.45) is -7.09. The van der Waals surface area contributed by atoms with E-state index in [-0.39, 0.29) is 17.1 Å². The first-order chi connectivity index (χ1) is 12.0. The topological polar surface area (TPSA) is 166 Å². The number of nitrogens with two attached hydrogens (primary N) is 1. The molecule has 1 fully saturated rings. The SMILES string of the molecule is Nc1nc2c(ncn2[C@H]2CC(C(F)(F)F)[C@@H](COP(=O)(O)O)O2)c(=O)[nH]1. The third kappa shape index (κ3) is 3.73. The van der Waals surface area contributed by atoms with Crippen molar-refractivity contribution in [3.63, 3.8) is 0 Å². The molecule has 0 aromatic carbocycles. The van der Waals surface area contributed by atoms with Crippen molar-refractivity contribution in [3.05, 3.63) is 16.7 Å². The molecule has 2 aromatic heterocycles. The molecule has 0 aliphatic carbocycles. The Labute approximate surface area is 142 Å². The predicted octanol–water partition coefficient (Wildman–Crippen LogP) is 0.277. The average molecular weight is 399 g/mol. The number of imidazole rings is 1. The van der Waals surface area contributed by atoms with E-state index < -0.39 is 50.8 Å². The first-order valence-corrected chi connectivity index (χ1v) is 8.63. The van der Waals surface area contributed by atoms with Crippen molar-refractivity contribution in [2.24, 2.45) is 5.92 Å². The maximum atomic E-state index is 13.2. The molecule has 0 amide bonds. The van der Waals surface area contributed by atoms with E-state index in [9.17, 15) is 22.5 Å². The molecule has 0 saturated carbocycles. The number of phosphoric ester groups is 1. The number of aromatic amines is 1. The van der Waals surface area contributed by atoms with Crippen molar-refractivity contribution in [3.8, 4) is 0 Å². The highest BCUT2D eigenvalue weighted by atomic mass is 31.2. The van der Waals surface area contributed by atoms with Crippen molar-refractivity contribution < 1.29 is 36.8 Å². The Hall–Kier alpha value is -1.99. The normalized spacial score (nSPS) is 24.4. The molecule has 1 unspecified atom stereocenters. The van der Waals surface area contributed by atoms with Crippen LogP contribution in [0.4, 0.5) is 19.1 Å². The Morgan fingerprint density at radius 3 is 2.81 bits per heavy atom. The molecule has 3 heterocycles. The lowest BCUT2D eigenvalue weighted by molar-refractivity contribution is -0.190. The van der Waals surface area contributed by atoms with Crippen molar-refractivity contribution >= 4 is 24.9 Å². The maximum Gasteiger partial charge on any atom is 0.469 e. The second-order valence-corrected chi connectivity index (χ2v) is 6.81. The minimum atomic E-state index is -4.97. The van der Waals surface area contributed by atoms with Gasteiger partial charge in [-0.2, -0.15) is 18.2 Å². The molecule has 26 heavy (non-hydrogen) atoms. The number of nitrogens with one attached hydrogen (secondary N) is 1. The molecular formula is C11H13F3N5O6P. The monoisotopic (exact) mass is 399 g/mol. The molecule has 3 atom stereocenters. The number of anilines is 1. The largest absolute Gasteiger partial charge is 0.469 e. The van der Waals surface area contributed by atoms with E-state index in [1.165, 1.54) is 0 Å². The van der Waals surface area contributed by atoms with Crippen molar-refractivity contribution in [2.75, 3.05) is 12.3 Å². The predicted molar refractivity (Wildman–Crippen MR) is 78.6 cm³/mol. The van der Waals surface area contributed by atoms with E-state index in [1.54, 1.807) is 0 Å². The van der Waals surface area contributed by atoms with E-state index in [0.717, 1.165) is 10.9 Å². The lowest BCUT2D eigenvalue weighted by atomic mass is 10.0. The molecule has 15 heteroatoms. The van der Waals surface area contributed by atoms with Gasteiger partial charge in [-0.3, -0.25) is 18.9 Å². The van der Waals surface area contributed by atoms with Gasteiger partial charge in [0.1, 0.15) is 6.23 Å². The van der Waals surface area contributed by atoms with E-state index in [2.05, 4.69) is 19.5 Å². The van der Waals surface area contributed by atoms with Crippen LogP contribution in [0.3, 0.4) is 0 Å². The van der Waals surface area contributed by atoms with E-state index in [4.69, 9.17) is 20.3 Å². The number of nitrogens with zero attached hydrogens (tertiary/aromatic N) is 3. The Morgan fingerprint density at radius 1 is 1.50 bits per heavy atom. The fraction of sp³-hybridized carbons (Fsp3) is 0.545. The zero-order valence-electron chi connectivity index (χ0n) is 12.8. The highest BCUT2D eigenvalue weighted by Gasteiger charge is 2.52. The van der Waals surface area contributed by atoms with Gasteiger partial charge in [-0.05, 0) is 0 Å². The number of rotatable bonds is 4. The summed E-state index contributed by atoms with van der Waals surface area (Å²) in [6, 6.07) is 0. The van der Waals surface area contributed by atoms with E-state index >= 15 is 0 Å². The van der Waals surface area contributed by atoms with Crippen LogP contribution in [0.5, 0.6) is 0 Å². The first kappa shape index (κ1) is 18.8. The first-order valence-electron chi connectivity index (χ1n) is 7.10. The number of fused-ring (bicyclic) bond motifs is 1. The number of nitrogen functional groups attached to an aromatic ring is 1. The molecule has 5 N–H and O–H groups in total. The number of H-pyrrole nitrogens is 1. The summed E-state index contributed by atoms with van der Waals surface area (Å²) in [5.74, 6) is -2.30. The van der Waals surface area contributed by atoms with Gasteiger partial charge in [-0.1, -0.05) is 0 Å². The molecule has 2 aromatic rings. The standard InChI is InChI=1S/C11H13F3N5O6P/c12-11(13,14)4-1-6(25-5(4)2-24-26(21,22)23)19-3-16-7-8(19)17-10(15)18-9(7)20/h3-6H,1-2H2,(H2,21,22,23)(H3,15,17,18,20)/t4?,5-,6-/m1/s1. The molecule has 3 rings (SSSR count). The second kappa shape index (κ2) is 6.32. The third-order valence-electron chi connectivity index (χ3n) is 3.82. The summed E-state index contributed by atoms with van der Waals surface area (Å²) in [5, 5.41) is 0. The van der Waals surface area contributed by atoms with Crippen LogP contribution in [0.1, 0.15) is 12.6 Å². The quantitative estimate of drug-likeness (QED) is 0.528. The Balaban J connectivity index is 1.92. The fourth-order valence-electron chi connectivity index (χ4n) is 2.72. The van der Waals surface area contributed by atoms with Gasteiger partial charge in [0.2, 0.25) is 5.95 Å². The summed E-state index contributed by atoms with van der Waals surface area (Å²) in [5.41, 5.74) is 4.55. The molecule has 0 radical (unpaired) electrons. The van der Waals surface area contributed by atoms with Gasteiger partial charge < -0.3 is 20.3 Å². The summed E-state index contributed by atoms with van der Waals surface area (Å²) in [4.78, 5) is 39.0. The number of hydrogen-bond acceptors (Lipinski definition) is 7. The molecular weight excluding hydrogens is 386 g/mol. The number of hydrogen-bond donors (Lipinski definition) is 4. The van der Waals surface area contributed by atoms with Gasteiger partial charge in [-0.25, -0.2) is 9.55 Å². The summed E-state index contributed by atoms with van der Waals surface area (Å²) in [6.45, 7) is -0.965. The van der Waals surface area contributed by atoms with Gasteiger partial charge >= 0.3 is 14.0 Å². The molecule has 0 bridgehead atoms. The van der Waals surface area contributed by atoms with Crippen LogP contribution in [0.15, 0.2) is 11.1 Å². The number of alkyl halides is 3. The number of halogens is 3. The Bertz CT molecular complexity index is 923. The molecule has 1 aliphatic heterocycles. The van der Waals surface area contributed by atoms with Crippen LogP contribution in [0.2, 0.25) is 0 Å². The van der Waals surface area contributed by atoms with Crippen LogP contribution >= 0.6 is 7.82 Å². The Morgan fingerprint density at radius 2 is 2.19 bits per heavy atom. The fourth-order valence-corrected chi connectivity index (χ4v) is 3.07. The van der Waals surface area contributed by atoms with Gasteiger partial charge in [-0.15, -0.1) is 0 Å². The maximum absolute atomic E-state index is 13.2. The van der Waals surface area contributed by atoms with Crippen LogP contribution in [0, 0.1) is 5.92 Å². The third-order valence-corrected chi connectivity index (χ3v) is 4.31. The second-order valence-electron chi connectivity index (χ2n) is 5.57. The molecule has 1 aliphatic rings. The lowest BCUT2D eigenvalue weighted by Gasteiger charge is -2.20. The van der Waals surface area contributed by atoms with E-state index in [0.29, 0.717) is 0 Å². The van der Waals surface area contributed by atoms with Crippen LogP contribution in [0.25, 0.3) is 11.2 Å². The minimum Gasteiger partial charge on any atom is -0.369 e. The van der Waals surface area contributed by atoms with Crippen molar-refractivity contribution in [2.45, 2.75) is 24.9 Å². The molecule has 144 valence electrons.